The largest absolute Gasteiger partial charge is 0.450 e. The number of likely N-dealkylation sites (tertiary alicyclic amines) is 1. The van der Waals surface area contributed by atoms with Gasteiger partial charge in [-0.3, -0.25) is 4.79 Å². The zero-order chi connectivity index (χ0) is 15.5. The third-order valence-electron chi connectivity index (χ3n) is 3.62. The van der Waals surface area contributed by atoms with Crippen LogP contribution in [-0.4, -0.2) is 55.7 Å². The van der Waals surface area contributed by atoms with E-state index >= 15 is 0 Å². The second kappa shape index (κ2) is 10.4. The zero-order valence-electron chi connectivity index (χ0n) is 13.3. The number of carbonyl (C=O) groups is 2. The summed E-state index contributed by atoms with van der Waals surface area (Å²) in [6.45, 7) is 7.36. The van der Waals surface area contributed by atoms with Crippen molar-refractivity contribution in [1.29, 1.82) is 0 Å². The van der Waals surface area contributed by atoms with E-state index in [4.69, 9.17) is 4.74 Å². The predicted octanol–water partition coefficient (Wildman–Crippen LogP) is 1.50. The molecular weight excluding hydrogens is 270 g/mol. The summed E-state index contributed by atoms with van der Waals surface area (Å²) in [6.07, 6.45) is 4.18. The molecule has 122 valence electrons. The molecule has 0 aromatic heterocycles. The quantitative estimate of drug-likeness (QED) is 0.666. The smallest absolute Gasteiger partial charge is 0.409 e. The highest BCUT2D eigenvalue weighted by Crippen LogP contribution is 2.11. The van der Waals surface area contributed by atoms with Crippen LogP contribution in [-0.2, 0) is 9.53 Å². The first kappa shape index (κ1) is 17.8. The molecule has 0 aromatic carbocycles. The molecule has 6 heteroatoms. The highest BCUT2D eigenvalue weighted by atomic mass is 16.6. The number of carbonyl (C=O) groups excluding carboxylic acids is 2. The Morgan fingerprint density at radius 1 is 1.19 bits per heavy atom. The number of nitrogens with one attached hydrogen (secondary N) is 2. The Labute approximate surface area is 127 Å². The fourth-order valence-electron chi connectivity index (χ4n) is 2.35. The summed E-state index contributed by atoms with van der Waals surface area (Å²) in [7, 11) is 0. The van der Waals surface area contributed by atoms with E-state index in [-0.39, 0.29) is 18.0 Å². The van der Waals surface area contributed by atoms with Crippen LogP contribution in [0.4, 0.5) is 4.79 Å². The van der Waals surface area contributed by atoms with E-state index in [0.29, 0.717) is 26.1 Å². The van der Waals surface area contributed by atoms with E-state index in [1.54, 1.807) is 11.8 Å². The van der Waals surface area contributed by atoms with Gasteiger partial charge in [0, 0.05) is 32.1 Å². The Hall–Kier alpha value is -1.30. The van der Waals surface area contributed by atoms with Gasteiger partial charge in [-0.25, -0.2) is 4.79 Å². The summed E-state index contributed by atoms with van der Waals surface area (Å²) in [5.41, 5.74) is 0. The number of amides is 2. The van der Waals surface area contributed by atoms with Crippen molar-refractivity contribution < 1.29 is 14.3 Å². The lowest BCUT2D eigenvalue weighted by molar-refractivity contribution is -0.121. The zero-order valence-corrected chi connectivity index (χ0v) is 13.3. The van der Waals surface area contributed by atoms with E-state index in [1.807, 2.05) is 0 Å². The van der Waals surface area contributed by atoms with Crippen molar-refractivity contribution in [1.82, 2.24) is 15.5 Å². The maximum absolute atomic E-state index is 11.8. The van der Waals surface area contributed by atoms with Crippen LogP contribution < -0.4 is 10.6 Å². The molecule has 1 heterocycles. The summed E-state index contributed by atoms with van der Waals surface area (Å²) in [6, 6.07) is 0.179. The highest BCUT2D eigenvalue weighted by Gasteiger charge is 2.24. The van der Waals surface area contributed by atoms with Crippen molar-refractivity contribution in [3.63, 3.8) is 0 Å². The monoisotopic (exact) mass is 299 g/mol. The molecule has 1 aliphatic heterocycles. The molecular formula is C15H29N3O3. The molecule has 0 aromatic rings. The maximum Gasteiger partial charge on any atom is 0.409 e. The molecule has 0 spiro atoms. The summed E-state index contributed by atoms with van der Waals surface area (Å²) in [5, 5.41) is 6.30. The van der Waals surface area contributed by atoms with Crippen LogP contribution in [0.15, 0.2) is 0 Å². The molecule has 2 N–H and O–H groups in total. The molecule has 0 aliphatic carbocycles. The van der Waals surface area contributed by atoms with E-state index in [2.05, 4.69) is 17.6 Å². The lowest BCUT2D eigenvalue weighted by Gasteiger charge is -2.31. The van der Waals surface area contributed by atoms with Gasteiger partial charge in [-0.15, -0.1) is 0 Å². The van der Waals surface area contributed by atoms with Gasteiger partial charge in [0.05, 0.1) is 6.61 Å². The van der Waals surface area contributed by atoms with Crippen LogP contribution in [0.2, 0.25) is 0 Å². The van der Waals surface area contributed by atoms with Gasteiger partial charge in [0.1, 0.15) is 0 Å². The number of ether oxygens (including phenoxy) is 1. The van der Waals surface area contributed by atoms with Crippen LogP contribution >= 0.6 is 0 Å². The molecule has 0 saturated carbocycles. The van der Waals surface area contributed by atoms with Gasteiger partial charge in [-0.2, -0.15) is 0 Å². The van der Waals surface area contributed by atoms with Gasteiger partial charge in [0.15, 0.2) is 0 Å². The molecule has 0 bridgehead atoms. The fourth-order valence-corrected chi connectivity index (χ4v) is 2.35. The van der Waals surface area contributed by atoms with Crippen LogP contribution in [0.1, 0.15) is 46.0 Å². The number of hydrogen-bond acceptors (Lipinski definition) is 4. The Morgan fingerprint density at radius 3 is 2.52 bits per heavy atom. The molecule has 1 saturated heterocycles. The summed E-state index contributed by atoms with van der Waals surface area (Å²) in [4.78, 5) is 25.1. The summed E-state index contributed by atoms with van der Waals surface area (Å²) < 4.78 is 4.97. The topological polar surface area (TPSA) is 70.7 Å². The summed E-state index contributed by atoms with van der Waals surface area (Å²) in [5.74, 6) is 0.0913. The standard InChI is InChI=1S/C15H29N3O3/c1-3-5-9-16-10-6-14(19)17-13-7-11-18(12-8-13)15(20)21-4-2/h13,16H,3-12H2,1-2H3,(H,17,19). The van der Waals surface area contributed by atoms with Gasteiger partial charge in [-0.05, 0) is 32.7 Å². The van der Waals surface area contributed by atoms with Crippen molar-refractivity contribution in [3.8, 4) is 0 Å². The molecule has 6 nitrogen and oxygen atoms in total. The van der Waals surface area contributed by atoms with Gasteiger partial charge >= 0.3 is 6.09 Å². The number of unbranched alkanes of at least 4 members (excludes halogenated alkanes) is 1. The maximum atomic E-state index is 11.8. The van der Waals surface area contributed by atoms with E-state index in [0.717, 1.165) is 38.8 Å². The second-order valence-corrected chi connectivity index (χ2v) is 5.38. The van der Waals surface area contributed by atoms with Crippen molar-refractivity contribution in [3.05, 3.63) is 0 Å². The SMILES string of the molecule is CCCCNCCC(=O)NC1CCN(C(=O)OCC)CC1. The third-order valence-corrected chi connectivity index (χ3v) is 3.62. The van der Waals surface area contributed by atoms with Crippen molar-refractivity contribution in [2.45, 2.75) is 52.0 Å². The lowest BCUT2D eigenvalue weighted by atomic mass is 10.1. The Balaban J connectivity index is 2.11. The molecule has 0 radical (unpaired) electrons. The first-order valence-corrected chi connectivity index (χ1v) is 8.09. The van der Waals surface area contributed by atoms with Crippen LogP contribution in [0.5, 0.6) is 0 Å². The number of hydrogen-bond donors (Lipinski definition) is 2. The minimum absolute atomic E-state index is 0.0913. The average molecular weight is 299 g/mol. The molecule has 0 atom stereocenters. The molecule has 0 unspecified atom stereocenters. The van der Waals surface area contributed by atoms with Gasteiger partial charge < -0.3 is 20.3 Å². The Morgan fingerprint density at radius 2 is 1.90 bits per heavy atom. The lowest BCUT2D eigenvalue weighted by Crippen LogP contribution is -2.47. The van der Waals surface area contributed by atoms with Gasteiger partial charge in [0.2, 0.25) is 5.91 Å². The molecule has 1 aliphatic rings. The van der Waals surface area contributed by atoms with Gasteiger partial charge in [0.25, 0.3) is 0 Å². The number of rotatable bonds is 8. The Bertz CT molecular complexity index is 315. The molecule has 21 heavy (non-hydrogen) atoms. The predicted molar refractivity (Wildman–Crippen MR) is 82.2 cm³/mol. The Kier molecular flexibility index (Phi) is 8.82. The number of nitrogens with zero attached hydrogens (tertiary/aromatic N) is 1. The van der Waals surface area contributed by atoms with Crippen molar-refractivity contribution in [2.75, 3.05) is 32.8 Å². The van der Waals surface area contributed by atoms with Crippen LogP contribution in [0.3, 0.4) is 0 Å². The fraction of sp³-hybridized carbons (Fsp3) is 0.867. The van der Waals surface area contributed by atoms with Crippen molar-refractivity contribution in [2.24, 2.45) is 0 Å². The number of piperidine rings is 1. The van der Waals surface area contributed by atoms with E-state index in [1.165, 1.54) is 0 Å². The molecule has 1 fully saturated rings. The first-order valence-electron chi connectivity index (χ1n) is 8.09. The molecule has 1 rings (SSSR count). The minimum atomic E-state index is -0.248. The first-order chi connectivity index (χ1) is 10.2. The third kappa shape index (κ3) is 7.32. The van der Waals surface area contributed by atoms with Crippen LogP contribution in [0.25, 0.3) is 0 Å². The minimum Gasteiger partial charge on any atom is -0.450 e. The van der Waals surface area contributed by atoms with Crippen LogP contribution in [0, 0.1) is 0 Å². The van der Waals surface area contributed by atoms with Crippen molar-refractivity contribution >= 4 is 12.0 Å². The van der Waals surface area contributed by atoms with E-state index < -0.39 is 0 Å². The van der Waals surface area contributed by atoms with Gasteiger partial charge in [-0.1, -0.05) is 13.3 Å². The normalized spacial score (nSPS) is 15.8. The molecule has 2 amide bonds. The van der Waals surface area contributed by atoms with E-state index in [9.17, 15) is 9.59 Å². The summed E-state index contributed by atoms with van der Waals surface area (Å²) >= 11 is 0. The second-order valence-electron chi connectivity index (χ2n) is 5.38. The average Bonchev–Trinajstić information content (AvgIpc) is 2.48. The highest BCUT2D eigenvalue weighted by molar-refractivity contribution is 5.76.